The van der Waals surface area contributed by atoms with E-state index in [4.69, 9.17) is 9.47 Å². The molecule has 1 aromatic carbocycles. The molecule has 4 unspecified atom stereocenters. The Labute approximate surface area is 155 Å². The molecular formula is C22H30F2O2. The molecule has 1 aromatic rings. The molecule has 0 heterocycles. The van der Waals surface area contributed by atoms with Crippen LogP contribution >= 0.6 is 0 Å². The lowest BCUT2D eigenvalue weighted by Gasteiger charge is -2.41. The third-order valence-electron chi connectivity index (χ3n) is 6.01. The predicted molar refractivity (Wildman–Crippen MR) is 99.5 cm³/mol. The zero-order chi connectivity index (χ0) is 18.5. The van der Waals surface area contributed by atoms with Crippen LogP contribution in [0.15, 0.2) is 24.3 Å². The van der Waals surface area contributed by atoms with E-state index in [2.05, 4.69) is 19.1 Å². The first-order valence-corrected chi connectivity index (χ1v) is 9.98. The van der Waals surface area contributed by atoms with Gasteiger partial charge in [-0.1, -0.05) is 12.2 Å². The minimum absolute atomic E-state index is 0.00938. The molecule has 0 N–H and O–H groups in total. The molecule has 2 aliphatic rings. The highest BCUT2D eigenvalue weighted by atomic mass is 19.2. The van der Waals surface area contributed by atoms with E-state index in [9.17, 15) is 8.78 Å². The Kier molecular flexibility index (Phi) is 6.55. The first-order chi connectivity index (χ1) is 12.6. The van der Waals surface area contributed by atoms with E-state index in [-0.39, 0.29) is 11.5 Å². The average Bonchev–Trinajstić information content (AvgIpc) is 2.65. The number of fused-ring (bicyclic) bond motifs is 1. The Hall–Kier alpha value is -1.58. The van der Waals surface area contributed by atoms with Crippen molar-refractivity contribution in [3.8, 4) is 11.5 Å². The van der Waals surface area contributed by atoms with Crippen LogP contribution in [0.2, 0.25) is 0 Å². The van der Waals surface area contributed by atoms with Gasteiger partial charge < -0.3 is 9.47 Å². The van der Waals surface area contributed by atoms with Gasteiger partial charge in [0, 0.05) is 0 Å². The van der Waals surface area contributed by atoms with Gasteiger partial charge in [-0.2, -0.15) is 8.78 Å². The summed E-state index contributed by atoms with van der Waals surface area (Å²) in [5, 5.41) is 0. The maximum absolute atomic E-state index is 14.1. The van der Waals surface area contributed by atoms with Crippen molar-refractivity contribution in [2.75, 3.05) is 13.2 Å². The Balaban J connectivity index is 1.53. The fraction of sp³-hybridized carbons (Fsp3) is 0.636. The van der Waals surface area contributed by atoms with Crippen molar-refractivity contribution in [3.05, 3.63) is 35.9 Å². The maximum Gasteiger partial charge on any atom is 0.204 e. The van der Waals surface area contributed by atoms with Crippen LogP contribution in [0, 0.1) is 35.3 Å². The first-order valence-electron chi connectivity index (χ1n) is 9.98. The summed E-state index contributed by atoms with van der Waals surface area (Å²) in [4.78, 5) is 0. The lowest BCUT2D eigenvalue weighted by Crippen LogP contribution is -2.32. The number of allylic oxidation sites excluding steroid dienone is 2. The van der Waals surface area contributed by atoms with Crippen molar-refractivity contribution in [1.82, 2.24) is 0 Å². The van der Waals surface area contributed by atoms with Crippen molar-refractivity contribution in [2.24, 2.45) is 23.7 Å². The molecular weight excluding hydrogens is 334 g/mol. The normalized spacial score (nSPS) is 28.8. The third kappa shape index (κ3) is 4.39. The van der Waals surface area contributed by atoms with Crippen molar-refractivity contribution < 1.29 is 18.3 Å². The van der Waals surface area contributed by atoms with E-state index in [0.717, 1.165) is 30.6 Å². The topological polar surface area (TPSA) is 18.5 Å². The molecule has 0 bridgehead atoms. The van der Waals surface area contributed by atoms with E-state index in [1.54, 1.807) is 6.92 Å². The Morgan fingerprint density at radius 3 is 2.31 bits per heavy atom. The van der Waals surface area contributed by atoms with E-state index in [1.165, 1.54) is 37.8 Å². The SMILES string of the molecule is CC=CC1CCC2CC(COc3ccc(OCC)c(F)c3F)CCC2C1. The quantitative estimate of drug-likeness (QED) is 0.564. The summed E-state index contributed by atoms with van der Waals surface area (Å²) in [5.41, 5.74) is 0. The molecule has 0 spiro atoms. The monoisotopic (exact) mass is 364 g/mol. The van der Waals surface area contributed by atoms with Crippen LogP contribution in [0.3, 0.4) is 0 Å². The molecule has 26 heavy (non-hydrogen) atoms. The molecule has 2 saturated carbocycles. The van der Waals surface area contributed by atoms with Gasteiger partial charge in [0.15, 0.2) is 11.5 Å². The minimum atomic E-state index is -0.963. The third-order valence-corrected chi connectivity index (χ3v) is 6.01. The van der Waals surface area contributed by atoms with Crippen LogP contribution in [0.25, 0.3) is 0 Å². The van der Waals surface area contributed by atoms with Crippen LogP contribution in [0.1, 0.15) is 52.4 Å². The highest BCUT2D eigenvalue weighted by molar-refractivity contribution is 5.35. The summed E-state index contributed by atoms with van der Waals surface area (Å²) >= 11 is 0. The average molecular weight is 364 g/mol. The predicted octanol–water partition coefficient (Wildman–Crippen LogP) is 6.15. The Morgan fingerprint density at radius 2 is 1.62 bits per heavy atom. The zero-order valence-corrected chi connectivity index (χ0v) is 15.8. The smallest absolute Gasteiger partial charge is 0.204 e. The van der Waals surface area contributed by atoms with Gasteiger partial charge in [0.2, 0.25) is 11.6 Å². The molecule has 2 aliphatic carbocycles. The Morgan fingerprint density at radius 1 is 0.962 bits per heavy atom. The van der Waals surface area contributed by atoms with Gasteiger partial charge in [-0.25, -0.2) is 0 Å². The standard InChI is InChI=1S/C22H30F2O2/c1-3-5-15-6-8-18-13-16(7-9-17(18)12-15)14-26-20-11-10-19(25-4-2)21(23)22(20)24/h3,5,10-11,15-18H,4,6-9,12-14H2,1-2H3. The minimum Gasteiger partial charge on any atom is -0.491 e. The van der Waals surface area contributed by atoms with Gasteiger partial charge >= 0.3 is 0 Å². The largest absolute Gasteiger partial charge is 0.491 e. The maximum atomic E-state index is 14.1. The van der Waals surface area contributed by atoms with Gasteiger partial charge in [0.25, 0.3) is 0 Å². The van der Waals surface area contributed by atoms with Gasteiger partial charge in [-0.3, -0.25) is 0 Å². The zero-order valence-electron chi connectivity index (χ0n) is 15.8. The molecule has 4 atom stereocenters. The second-order valence-corrected chi connectivity index (χ2v) is 7.73. The number of hydrogen-bond acceptors (Lipinski definition) is 2. The number of halogens is 2. The molecule has 0 amide bonds. The number of hydrogen-bond donors (Lipinski definition) is 0. The van der Waals surface area contributed by atoms with Gasteiger partial charge in [0.05, 0.1) is 13.2 Å². The van der Waals surface area contributed by atoms with Crippen LogP contribution in [0.4, 0.5) is 8.78 Å². The highest BCUT2D eigenvalue weighted by Gasteiger charge is 2.35. The highest BCUT2D eigenvalue weighted by Crippen LogP contribution is 2.45. The second kappa shape index (κ2) is 8.88. The van der Waals surface area contributed by atoms with Crippen molar-refractivity contribution in [2.45, 2.75) is 52.4 Å². The summed E-state index contributed by atoms with van der Waals surface area (Å²) in [7, 11) is 0. The summed E-state index contributed by atoms with van der Waals surface area (Å²) in [6, 6.07) is 2.91. The van der Waals surface area contributed by atoms with Crippen molar-refractivity contribution >= 4 is 0 Å². The molecule has 4 heteroatoms. The fourth-order valence-corrected chi connectivity index (χ4v) is 4.72. The van der Waals surface area contributed by atoms with E-state index < -0.39 is 11.6 Å². The molecule has 0 radical (unpaired) electrons. The number of ether oxygens (including phenoxy) is 2. The lowest BCUT2D eigenvalue weighted by molar-refractivity contribution is 0.0853. The van der Waals surface area contributed by atoms with Crippen LogP contribution in [-0.4, -0.2) is 13.2 Å². The summed E-state index contributed by atoms with van der Waals surface area (Å²) in [6.45, 7) is 4.61. The van der Waals surface area contributed by atoms with Gasteiger partial charge in [-0.15, -0.1) is 0 Å². The molecule has 2 fully saturated rings. The van der Waals surface area contributed by atoms with Crippen molar-refractivity contribution in [1.29, 1.82) is 0 Å². The van der Waals surface area contributed by atoms with Crippen LogP contribution in [-0.2, 0) is 0 Å². The lowest BCUT2D eigenvalue weighted by atomic mass is 9.65. The second-order valence-electron chi connectivity index (χ2n) is 7.73. The summed E-state index contributed by atoms with van der Waals surface area (Å²) in [5.74, 6) is 0.785. The molecule has 144 valence electrons. The molecule has 0 aromatic heterocycles. The molecule has 0 saturated heterocycles. The van der Waals surface area contributed by atoms with E-state index >= 15 is 0 Å². The van der Waals surface area contributed by atoms with E-state index in [0.29, 0.717) is 19.1 Å². The van der Waals surface area contributed by atoms with Crippen LogP contribution < -0.4 is 9.47 Å². The fourth-order valence-electron chi connectivity index (χ4n) is 4.72. The number of rotatable bonds is 6. The first kappa shape index (κ1) is 19.2. The summed E-state index contributed by atoms with van der Waals surface area (Å²) < 4.78 is 38.8. The van der Waals surface area contributed by atoms with Crippen molar-refractivity contribution in [3.63, 3.8) is 0 Å². The molecule has 0 aliphatic heterocycles. The Bertz CT molecular complexity index is 629. The van der Waals surface area contributed by atoms with Gasteiger partial charge in [0.1, 0.15) is 0 Å². The molecule has 2 nitrogen and oxygen atoms in total. The van der Waals surface area contributed by atoms with Crippen LogP contribution in [0.5, 0.6) is 11.5 Å². The molecule has 3 rings (SSSR count). The summed E-state index contributed by atoms with van der Waals surface area (Å²) in [6.07, 6.45) is 11.9. The van der Waals surface area contributed by atoms with E-state index in [1.807, 2.05) is 0 Å². The van der Waals surface area contributed by atoms with Gasteiger partial charge in [-0.05, 0) is 88.2 Å². The number of benzene rings is 1.